The Kier molecular flexibility index (Phi) is 4.34. The van der Waals surface area contributed by atoms with Crippen molar-refractivity contribution in [3.8, 4) is 0 Å². The minimum atomic E-state index is 0.311. The number of aryl methyl sites for hydroxylation is 2. The lowest BCUT2D eigenvalue weighted by Crippen LogP contribution is -2.38. The van der Waals surface area contributed by atoms with Crippen molar-refractivity contribution >= 4 is 0 Å². The van der Waals surface area contributed by atoms with E-state index in [1.54, 1.807) is 0 Å². The summed E-state index contributed by atoms with van der Waals surface area (Å²) in [6, 6.07) is 2.21. The molecule has 1 aromatic rings. The molecule has 0 bridgehead atoms. The summed E-state index contributed by atoms with van der Waals surface area (Å²) >= 11 is 0. The second-order valence-corrected chi connectivity index (χ2v) is 6.86. The van der Waals surface area contributed by atoms with Gasteiger partial charge in [0.2, 0.25) is 0 Å². The van der Waals surface area contributed by atoms with E-state index in [9.17, 15) is 0 Å². The Morgan fingerprint density at radius 1 is 1.42 bits per heavy atom. The number of hydrogen-bond acceptors (Lipinski definition) is 2. The quantitative estimate of drug-likeness (QED) is 0.907. The fraction of sp³-hybridized carbons (Fsp3) is 0.812. The van der Waals surface area contributed by atoms with E-state index in [0.717, 1.165) is 30.5 Å². The summed E-state index contributed by atoms with van der Waals surface area (Å²) in [5, 5.41) is 4.46. The average molecular weight is 263 g/mol. The van der Waals surface area contributed by atoms with Crippen LogP contribution in [0.2, 0.25) is 0 Å². The molecule has 108 valence electrons. The van der Waals surface area contributed by atoms with Crippen molar-refractivity contribution < 1.29 is 0 Å². The summed E-state index contributed by atoms with van der Waals surface area (Å²) < 4.78 is 2.03. The molecular weight excluding hydrogens is 234 g/mol. The maximum atomic E-state index is 6.13. The van der Waals surface area contributed by atoms with Crippen molar-refractivity contribution in [3.05, 3.63) is 17.5 Å². The van der Waals surface area contributed by atoms with Gasteiger partial charge in [-0.15, -0.1) is 0 Å². The second kappa shape index (κ2) is 5.66. The highest BCUT2D eigenvalue weighted by atomic mass is 15.3. The number of rotatable bonds is 4. The van der Waals surface area contributed by atoms with Gasteiger partial charge in [-0.25, -0.2) is 0 Å². The lowest BCUT2D eigenvalue weighted by molar-refractivity contribution is 0.130. The predicted octanol–water partition coefficient (Wildman–Crippen LogP) is 3.06. The zero-order chi connectivity index (χ0) is 14.0. The van der Waals surface area contributed by atoms with Crippen molar-refractivity contribution in [2.75, 3.05) is 6.54 Å². The summed E-state index contributed by atoms with van der Waals surface area (Å²) in [4.78, 5) is 0. The van der Waals surface area contributed by atoms with Crippen LogP contribution in [0, 0.1) is 24.2 Å². The van der Waals surface area contributed by atoms with E-state index in [-0.39, 0.29) is 0 Å². The molecule has 0 saturated heterocycles. The first-order chi connectivity index (χ1) is 8.96. The van der Waals surface area contributed by atoms with Crippen molar-refractivity contribution in [2.24, 2.45) is 30.0 Å². The molecule has 0 amide bonds. The van der Waals surface area contributed by atoms with Crippen LogP contribution in [0.1, 0.15) is 50.9 Å². The molecule has 1 heterocycles. The molecule has 0 radical (unpaired) electrons. The van der Waals surface area contributed by atoms with Crippen LogP contribution in [0.25, 0.3) is 0 Å². The van der Waals surface area contributed by atoms with E-state index in [4.69, 9.17) is 5.73 Å². The SMILES string of the molecule is Cc1cc(CC2(CN)CCC(C(C)C)CC2)n(C)n1. The Morgan fingerprint density at radius 2 is 2.05 bits per heavy atom. The van der Waals surface area contributed by atoms with Crippen LogP contribution in [-0.4, -0.2) is 16.3 Å². The molecule has 0 spiro atoms. The molecule has 1 aliphatic carbocycles. The highest BCUT2D eigenvalue weighted by Crippen LogP contribution is 2.42. The van der Waals surface area contributed by atoms with E-state index in [1.165, 1.54) is 31.4 Å². The molecule has 0 aromatic carbocycles. The highest BCUT2D eigenvalue weighted by Gasteiger charge is 2.35. The normalized spacial score (nSPS) is 28.0. The van der Waals surface area contributed by atoms with Gasteiger partial charge in [0.05, 0.1) is 5.69 Å². The van der Waals surface area contributed by atoms with Crippen molar-refractivity contribution in [1.82, 2.24) is 9.78 Å². The minimum absolute atomic E-state index is 0.311. The average Bonchev–Trinajstić information content (AvgIpc) is 2.68. The van der Waals surface area contributed by atoms with Gasteiger partial charge in [0, 0.05) is 12.7 Å². The molecule has 0 unspecified atom stereocenters. The van der Waals surface area contributed by atoms with Gasteiger partial charge < -0.3 is 5.73 Å². The molecule has 0 atom stereocenters. The first-order valence-corrected chi connectivity index (χ1v) is 7.65. The Balaban J connectivity index is 2.06. The van der Waals surface area contributed by atoms with E-state index in [2.05, 4.69) is 31.9 Å². The molecule has 1 fully saturated rings. The topological polar surface area (TPSA) is 43.8 Å². The maximum absolute atomic E-state index is 6.13. The molecular formula is C16H29N3. The summed E-state index contributed by atoms with van der Waals surface area (Å²) in [5.41, 5.74) is 8.90. The summed E-state index contributed by atoms with van der Waals surface area (Å²) in [7, 11) is 2.05. The lowest BCUT2D eigenvalue weighted by Gasteiger charge is -2.40. The van der Waals surface area contributed by atoms with Gasteiger partial charge in [0.1, 0.15) is 0 Å². The second-order valence-electron chi connectivity index (χ2n) is 6.86. The Labute approximate surface area is 117 Å². The molecule has 1 saturated carbocycles. The van der Waals surface area contributed by atoms with Crippen LogP contribution in [-0.2, 0) is 13.5 Å². The summed E-state index contributed by atoms with van der Waals surface area (Å²) in [6.45, 7) is 7.57. The van der Waals surface area contributed by atoms with E-state index in [1.807, 2.05) is 11.7 Å². The third-order valence-corrected chi connectivity index (χ3v) is 5.12. The van der Waals surface area contributed by atoms with Gasteiger partial charge in [-0.3, -0.25) is 4.68 Å². The number of nitrogens with zero attached hydrogens (tertiary/aromatic N) is 2. The molecule has 1 aromatic heterocycles. The Bertz CT molecular complexity index is 412. The van der Waals surface area contributed by atoms with Gasteiger partial charge in [0.25, 0.3) is 0 Å². The number of aromatic nitrogens is 2. The van der Waals surface area contributed by atoms with Gasteiger partial charge in [-0.1, -0.05) is 13.8 Å². The smallest absolute Gasteiger partial charge is 0.0596 e. The predicted molar refractivity (Wildman–Crippen MR) is 79.9 cm³/mol. The van der Waals surface area contributed by atoms with Crippen LogP contribution in [0.5, 0.6) is 0 Å². The first-order valence-electron chi connectivity index (χ1n) is 7.65. The third kappa shape index (κ3) is 3.19. The molecule has 2 N–H and O–H groups in total. The van der Waals surface area contributed by atoms with Gasteiger partial charge in [-0.05, 0) is 68.9 Å². The fourth-order valence-corrected chi connectivity index (χ4v) is 3.59. The summed E-state index contributed by atoms with van der Waals surface area (Å²) in [5.74, 6) is 1.71. The molecule has 3 heteroatoms. The lowest BCUT2D eigenvalue weighted by atomic mass is 9.66. The van der Waals surface area contributed by atoms with Gasteiger partial charge >= 0.3 is 0 Å². The molecule has 19 heavy (non-hydrogen) atoms. The van der Waals surface area contributed by atoms with Crippen LogP contribution < -0.4 is 5.73 Å². The van der Waals surface area contributed by atoms with Gasteiger partial charge in [-0.2, -0.15) is 5.10 Å². The van der Waals surface area contributed by atoms with Crippen LogP contribution in [0.4, 0.5) is 0 Å². The highest BCUT2D eigenvalue weighted by molar-refractivity contribution is 5.11. The monoisotopic (exact) mass is 263 g/mol. The van der Waals surface area contributed by atoms with Crippen LogP contribution >= 0.6 is 0 Å². The first kappa shape index (κ1) is 14.6. The largest absolute Gasteiger partial charge is 0.330 e. The van der Waals surface area contributed by atoms with E-state index < -0.39 is 0 Å². The zero-order valence-electron chi connectivity index (χ0n) is 12.9. The van der Waals surface area contributed by atoms with Crippen molar-refractivity contribution in [2.45, 2.75) is 52.9 Å². The molecule has 2 rings (SSSR count). The fourth-order valence-electron chi connectivity index (χ4n) is 3.59. The minimum Gasteiger partial charge on any atom is -0.330 e. The maximum Gasteiger partial charge on any atom is 0.0596 e. The van der Waals surface area contributed by atoms with Crippen molar-refractivity contribution in [3.63, 3.8) is 0 Å². The summed E-state index contributed by atoms with van der Waals surface area (Å²) in [6.07, 6.45) is 6.32. The van der Waals surface area contributed by atoms with E-state index in [0.29, 0.717) is 5.41 Å². The van der Waals surface area contributed by atoms with E-state index >= 15 is 0 Å². The van der Waals surface area contributed by atoms with Gasteiger partial charge in [0.15, 0.2) is 0 Å². The molecule has 3 nitrogen and oxygen atoms in total. The van der Waals surface area contributed by atoms with Crippen LogP contribution in [0.3, 0.4) is 0 Å². The number of nitrogens with two attached hydrogens (primary N) is 1. The Hall–Kier alpha value is -0.830. The number of hydrogen-bond donors (Lipinski definition) is 1. The Morgan fingerprint density at radius 3 is 2.47 bits per heavy atom. The van der Waals surface area contributed by atoms with Crippen LogP contribution in [0.15, 0.2) is 6.07 Å². The third-order valence-electron chi connectivity index (χ3n) is 5.12. The zero-order valence-corrected chi connectivity index (χ0v) is 12.9. The molecule has 1 aliphatic rings. The standard InChI is InChI=1S/C16H29N3/c1-12(2)14-5-7-16(11-17,8-6-14)10-15-9-13(3)18-19(15)4/h9,12,14H,5-8,10-11,17H2,1-4H3. The molecule has 0 aliphatic heterocycles. The van der Waals surface area contributed by atoms with Crippen molar-refractivity contribution in [1.29, 1.82) is 0 Å².